The Morgan fingerprint density at radius 2 is 1.12 bits per heavy atom. The van der Waals surface area contributed by atoms with Gasteiger partial charge in [-0.25, -0.2) is 9.36 Å². The molecule has 11 nitrogen and oxygen atoms in total. The zero-order valence-corrected chi connectivity index (χ0v) is 29.0. The van der Waals surface area contributed by atoms with Gasteiger partial charge >= 0.3 is 0 Å². The van der Waals surface area contributed by atoms with Crippen LogP contribution in [0.25, 0.3) is 17.5 Å². The van der Waals surface area contributed by atoms with Gasteiger partial charge in [-0.3, -0.25) is 9.59 Å². The summed E-state index contributed by atoms with van der Waals surface area (Å²) in [4.78, 5) is 33.9. The Labute approximate surface area is 300 Å². The van der Waals surface area contributed by atoms with Gasteiger partial charge in [0, 0.05) is 41.3 Å². The first-order chi connectivity index (χ1) is 25.4. The molecule has 0 bridgehead atoms. The van der Waals surface area contributed by atoms with Crippen LogP contribution in [0.1, 0.15) is 43.5 Å². The number of amides is 2. The molecule has 2 aromatic heterocycles. The van der Waals surface area contributed by atoms with Gasteiger partial charge in [0.25, 0.3) is 11.8 Å². The maximum Gasteiger partial charge on any atom is 0.277 e. The molecule has 9 rings (SSSR count). The maximum atomic E-state index is 14.1. The largest absolute Gasteiger partial charge is 0.497 e. The number of rotatable bonds is 8. The van der Waals surface area contributed by atoms with Gasteiger partial charge in [-0.2, -0.15) is 10.2 Å². The molecule has 0 saturated carbocycles. The monoisotopic (exact) mass is 689 g/mol. The van der Waals surface area contributed by atoms with Gasteiger partial charge in [0.15, 0.2) is 0 Å². The molecule has 0 unspecified atom stereocenters. The van der Waals surface area contributed by atoms with Gasteiger partial charge < -0.3 is 24.2 Å². The number of carbonyl (C=O) groups excluding carboxylic acids is 2. The van der Waals surface area contributed by atoms with Crippen LogP contribution in [0, 0.1) is 6.92 Å². The number of carbonyl (C=O) groups is 2. The second-order valence-electron chi connectivity index (χ2n) is 13.0. The van der Waals surface area contributed by atoms with E-state index in [9.17, 15) is 9.59 Å². The highest BCUT2D eigenvalue weighted by Crippen LogP contribution is 2.55. The Kier molecular flexibility index (Phi) is 7.25. The lowest BCUT2D eigenvalue weighted by molar-refractivity contribution is 0.0965. The minimum absolute atomic E-state index is 0.0759. The second-order valence-corrected chi connectivity index (χ2v) is 13.0. The molecule has 3 aliphatic heterocycles. The average Bonchev–Trinajstić information content (AvgIpc) is 3.61. The lowest BCUT2D eigenvalue weighted by Gasteiger charge is -2.28. The SMILES string of the molecule is C=Cc1nn(-c2ccc(OC)cc2)c2c1CCN(c1ccc3c(c1)N3c1ccc(N3CCc4c(C)nn(-c5ccc(OC)cc5)c4C3=O)cc1)C2=O. The molecular weight excluding hydrogens is 654 g/mol. The predicted octanol–water partition coefficient (Wildman–Crippen LogP) is 7.22. The van der Waals surface area contributed by atoms with E-state index in [1.165, 1.54) is 0 Å². The molecule has 6 aromatic rings. The summed E-state index contributed by atoms with van der Waals surface area (Å²) in [6.45, 7) is 7.01. The molecule has 0 atom stereocenters. The number of benzene rings is 4. The quantitative estimate of drug-likeness (QED) is 0.156. The van der Waals surface area contributed by atoms with Crippen molar-refractivity contribution in [3.05, 3.63) is 131 Å². The minimum atomic E-state index is -0.105. The number of hydrogen-bond donors (Lipinski definition) is 0. The van der Waals surface area contributed by atoms with Gasteiger partial charge in [0.05, 0.1) is 48.4 Å². The van der Waals surface area contributed by atoms with Gasteiger partial charge in [0.2, 0.25) is 0 Å². The summed E-state index contributed by atoms with van der Waals surface area (Å²) in [5.74, 6) is 1.30. The fourth-order valence-electron chi connectivity index (χ4n) is 7.47. The van der Waals surface area contributed by atoms with Gasteiger partial charge in [-0.05, 0) is 117 Å². The Morgan fingerprint density at radius 1 is 0.615 bits per heavy atom. The van der Waals surface area contributed by atoms with E-state index in [0.717, 1.165) is 80.2 Å². The van der Waals surface area contributed by atoms with E-state index in [1.807, 2.05) is 95.6 Å². The topological polar surface area (TPSA) is 97.7 Å². The van der Waals surface area contributed by atoms with Crippen molar-refractivity contribution in [3.8, 4) is 22.9 Å². The van der Waals surface area contributed by atoms with Gasteiger partial charge in [0.1, 0.15) is 22.9 Å². The van der Waals surface area contributed by atoms with Crippen molar-refractivity contribution >= 4 is 46.3 Å². The summed E-state index contributed by atoms with van der Waals surface area (Å²) >= 11 is 0. The minimum Gasteiger partial charge on any atom is -0.497 e. The number of fused-ring (bicyclic) bond motifs is 3. The summed E-state index contributed by atoms with van der Waals surface area (Å²) < 4.78 is 14.1. The van der Waals surface area contributed by atoms with Crippen LogP contribution in [0.3, 0.4) is 0 Å². The van der Waals surface area contributed by atoms with E-state index < -0.39 is 0 Å². The maximum absolute atomic E-state index is 14.1. The van der Waals surface area contributed by atoms with Crippen molar-refractivity contribution in [3.63, 3.8) is 0 Å². The molecule has 0 aliphatic carbocycles. The molecule has 258 valence electrons. The molecule has 11 heteroatoms. The third kappa shape index (κ3) is 4.88. The van der Waals surface area contributed by atoms with Crippen LogP contribution >= 0.6 is 0 Å². The molecule has 0 spiro atoms. The Hall–Kier alpha value is -6.62. The van der Waals surface area contributed by atoms with E-state index in [4.69, 9.17) is 19.7 Å². The molecule has 4 aromatic carbocycles. The summed E-state index contributed by atoms with van der Waals surface area (Å²) in [5, 5.41) is 9.48. The van der Waals surface area contributed by atoms with E-state index >= 15 is 0 Å². The number of ether oxygens (including phenoxy) is 2. The van der Waals surface area contributed by atoms with Crippen LogP contribution < -0.4 is 24.2 Å². The fraction of sp³-hybridized carbons (Fsp3) is 0.171. The van der Waals surface area contributed by atoms with Gasteiger partial charge in [-0.1, -0.05) is 6.58 Å². The second kappa shape index (κ2) is 12.0. The molecule has 0 saturated heterocycles. The molecule has 5 heterocycles. The number of methoxy groups -OCH3 is 2. The van der Waals surface area contributed by atoms with E-state index in [1.54, 1.807) is 29.7 Å². The van der Waals surface area contributed by atoms with Crippen molar-refractivity contribution in [2.24, 2.45) is 0 Å². The summed E-state index contributed by atoms with van der Waals surface area (Å²) in [6.07, 6.45) is 3.10. The zero-order valence-electron chi connectivity index (χ0n) is 29.0. The first-order valence-electron chi connectivity index (χ1n) is 17.2. The summed E-state index contributed by atoms with van der Waals surface area (Å²) in [5.41, 5.74) is 11.0. The standard InChI is InChI=1S/C41H35N7O4/c1-5-35-34-21-23-45(41(50)39(34)48(43-35)29-12-17-32(52-4)18-13-29)30-14-19-36-37(24-30)46(36)27-8-6-26(7-9-27)44-22-20-33-25(2)42-47(38(33)40(44)49)28-10-15-31(51-3)16-11-28/h5-19,24H,1,20-23H2,2-4H3. The lowest BCUT2D eigenvalue weighted by Crippen LogP contribution is -2.38. The number of aromatic nitrogens is 4. The highest BCUT2D eigenvalue weighted by Gasteiger charge is 2.37. The lowest BCUT2D eigenvalue weighted by atomic mass is 10.0. The molecule has 0 radical (unpaired) electrons. The van der Waals surface area contributed by atoms with Crippen molar-refractivity contribution in [2.45, 2.75) is 19.8 Å². The fourth-order valence-corrected chi connectivity index (χ4v) is 7.47. The van der Waals surface area contributed by atoms with E-state index in [-0.39, 0.29) is 11.8 Å². The highest BCUT2D eigenvalue weighted by atomic mass is 16.5. The first-order valence-corrected chi connectivity index (χ1v) is 17.2. The third-order valence-corrected chi connectivity index (χ3v) is 10.2. The highest BCUT2D eigenvalue weighted by molar-refractivity contribution is 6.11. The number of hydrogen-bond acceptors (Lipinski definition) is 7. The van der Waals surface area contributed by atoms with Crippen molar-refractivity contribution in [2.75, 3.05) is 42.0 Å². The van der Waals surface area contributed by atoms with Crippen LogP contribution in [-0.2, 0) is 12.8 Å². The van der Waals surface area contributed by atoms with Crippen LogP contribution in [0.4, 0.5) is 28.4 Å². The smallest absolute Gasteiger partial charge is 0.277 e. The Morgan fingerprint density at radius 3 is 1.71 bits per heavy atom. The molecule has 2 amide bonds. The molecule has 0 fully saturated rings. The molecule has 3 aliphatic rings. The van der Waals surface area contributed by atoms with Crippen molar-refractivity contribution in [1.82, 2.24) is 19.6 Å². The van der Waals surface area contributed by atoms with Crippen LogP contribution in [0.15, 0.2) is 97.6 Å². The molecular formula is C41H35N7O4. The predicted molar refractivity (Wildman–Crippen MR) is 201 cm³/mol. The Balaban J connectivity index is 0.945. The van der Waals surface area contributed by atoms with Crippen LogP contribution in [-0.4, -0.2) is 58.7 Å². The first kappa shape index (κ1) is 31.4. The van der Waals surface area contributed by atoms with E-state index in [0.29, 0.717) is 30.9 Å². The third-order valence-electron chi connectivity index (χ3n) is 10.2. The van der Waals surface area contributed by atoms with Crippen molar-refractivity contribution in [1.29, 1.82) is 0 Å². The van der Waals surface area contributed by atoms with E-state index in [2.05, 4.69) is 23.6 Å². The number of anilines is 5. The summed E-state index contributed by atoms with van der Waals surface area (Å²) in [6, 6.07) is 29.2. The van der Waals surface area contributed by atoms with Crippen LogP contribution in [0.5, 0.6) is 11.5 Å². The van der Waals surface area contributed by atoms with Crippen LogP contribution in [0.2, 0.25) is 0 Å². The number of aryl methyl sites for hydroxylation is 1. The Bertz CT molecular complexity index is 2410. The van der Waals surface area contributed by atoms with Gasteiger partial charge in [-0.15, -0.1) is 0 Å². The molecule has 0 N–H and O–H groups in total. The van der Waals surface area contributed by atoms with Crippen molar-refractivity contribution < 1.29 is 19.1 Å². The zero-order chi connectivity index (χ0) is 35.7. The normalized spacial score (nSPS) is 14.6. The molecule has 52 heavy (non-hydrogen) atoms. The number of nitrogens with zero attached hydrogens (tertiary/aromatic N) is 7. The average molecular weight is 690 g/mol. The summed E-state index contributed by atoms with van der Waals surface area (Å²) in [7, 11) is 3.25.